The third-order valence-electron chi connectivity index (χ3n) is 4.86. The number of ether oxygens (including phenoxy) is 3. The molecule has 2 aromatic carbocycles. The number of carbonyl (C=O) groups excluding carboxylic acids is 3. The summed E-state index contributed by atoms with van der Waals surface area (Å²) in [6, 6.07) is 13.8. The first-order chi connectivity index (χ1) is 13.9. The van der Waals surface area contributed by atoms with Gasteiger partial charge in [0.2, 0.25) is 11.7 Å². The van der Waals surface area contributed by atoms with Crippen LogP contribution < -0.4 is 14.4 Å². The monoisotopic (exact) mass is 397 g/mol. The average molecular weight is 397 g/mol. The Balaban J connectivity index is 1.70. The summed E-state index contributed by atoms with van der Waals surface area (Å²) < 4.78 is 15.9. The van der Waals surface area contributed by atoms with Crippen LogP contribution in [0.3, 0.4) is 0 Å². The Bertz CT molecular complexity index is 911. The van der Waals surface area contributed by atoms with Crippen LogP contribution in [-0.2, 0) is 14.3 Å². The molecule has 1 fully saturated rings. The third kappa shape index (κ3) is 4.39. The van der Waals surface area contributed by atoms with Gasteiger partial charge in [-0.25, -0.2) is 0 Å². The zero-order chi connectivity index (χ0) is 21.0. The second-order valence-electron chi connectivity index (χ2n) is 6.75. The van der Waals surface area contributed by atoms with Gasteiger partial charge in [-0.15, -0.1) is 0 Å². The van der Waals surface area contributed by atoms with E-state index >= 15 is 0 Å². The normalized spacial score (nSPS) is 17.0. The average Bonchev–Trinajstić information content (AvgIpc) is 3.14. The number of methoxy groups -OCH3 is 2. The first-order valence-electron chi connectivity index (χ1n) is 9.26. The van der Waals surface area contributed by atoms with Crippen molar-refractivity contribution in [1.29, 1.82) is 0 Å². The van der Waals surface area contributed by atoms with Gasteiger partial charge in [-0.1, -0.05) is 30.3 Å². The maximum atomic E-state index is 12.6. The van der Waals surface area contributed by atoms with Crippen LogP contribution in [0.5, 0.6) is 11.5 Å². The highest BCUT2D eigenvalue weighted by atomic mass is 16.5. The lowest BCUT2D eigenvalue weighted by atomic mass is 10.1. The fraction of sp³-hybridized carbons (Fsp3) is 0.318. The number of hydrogen-bond donors (Lipinski definition) is 0. The van der Waals surface area contributed by atoms with Crippen LogP contribution in [0.15, 0.2) is 48.5 Å². The fourth-order valence-corrected chi connectivity index (χ4v) is 3.27. The summed E-state index contributed by atoms with van der Waals surface area (Å²) in [7, 11) is 3.04. The van der Waals surface area contributed by atoms with Gasteiger partial charge in [0.05, 0.1) is 25.8 Å². The highest BCUT2D eigenvalue weighted by Crippen LogP contribution is 2.36. The zero-order valence-corrected chi connectivity index (χ0v) is 16.6. The second-order valence-corrected chi connectivity index (χ2v) is 6.75. The van der Waals surface area contributed by atoms with Gasteiger partial charge in [0, 0.05) is 24.6 Å². The number of ketones is 1. The number of benzene rings is 2. The Kier molecular flexibility index (Phi) is 6.16. The van der Waals surface area contributed by atoms with Gasteiger partial charge >= 0.3 is 5.97 Å². The van der Waals surface area contributed by atoms with E-state index in [0.717, 1.165) is 0 Å². The van der Waals surface area contributed by atoms with E-state index in [1.165, 1.54) is 26.0 Å². The van der Waals surface area contributed by atoms with Crippen molar-refractivity contribution in [1.82, 2.24) is 0 Å². The lowest BCUT2D eigenvalue weighted by Crippen LogP contribution is -2.30. The minimum Gasteiger partial charge on any atom is -0.497 e. The van der Waals surface area contributed by atoms with Gasteiger partial charge in [-0.3, -0.25) is 14.4 Å². The predicted molar refractivity (Wildman–Crippen MR) is 106 cm³/mol. The molecule has 0 saturated carbocycles. The standard InChI is InChI=1S/C22H23NO6/c1-14(21(25)15-7-5-4-6-8-15)29-22(26)16-11-20(24)23(13-16)18-12-17(27-2)9-10-19(18)28-3/h4-10,12,14,16H,11,13H2,1-3H3/t14-,16-/m1/s1. The molecule has 1 saturated heterocycles. The van der Waals surface area contributed by atoms with Gasteiger partial charge in [-0.05, 0) is 19.1 Å². The Labute approximate surface area is 169 Å². The Morgan fingerprint density at radius 3 is 2.45 bits per heavy atom. The second kappa shape index (κ2) is 8.77. The van der Waals surface area contributed by atoms with Gasteiger partial charge in [-0.2, -0.15) is 0 Å². The molecule has 0 radical (unpaired) electrons. The summed E-state index contributed by atoms with van der Waals surface area (Å²) in [4.78, 5) is 39.0. The van der Waals surface area contributed by atoms with Crippen LogP contribution >= 0.6 is 0 Å². The topological polar surface area (TPSA) is 82.1 Å². The molecule has 0 aliphatic carbocycles. The van der Waals surface area contributed by atoms with Gasteiger partial charge in [0.15, 0.2) is 6.10 Å². The van der Waals surface area contributed by atoms with E-state index < -0.39 is 18.0 Å². The van der Waals surface area contributed by atoms with E-state index in [1.54, 1.807) is 48.5 Å². The molecular formula is C22H23NO6. The molecule has 1 heterocycles. The molecule has 1 amide bonds. The van der Waals surface area contributed by atoms with Crippen molar-refractivity contribution in [3.8, 4) is 11.5 Å². The lowest BCUT2D eigenvalue weighted by Gasteiger charge is -2.20. The van der Waals surface area contributed by atoms with E-state index in [-0.39, 0.29) is 24.7 Å². The van der Waals surface area contributed by atoms with Crippen LogP contribution in [0.25, 0.3) is 0 Å². The van der Waals surface area contributed by atoms with E-state index in [2.05, 4.69) is 0 Å². The van der Waals surface area contributed by atoms with E-state index in [4.69, 9.17) is 14.2 Å². The van der Waals surface area contributed by atoms with Crippen molar-refractivity contribution in [3.63, 3.8) is 0 Å². The van der Waals surface area contributed by atoms with E-state index in [9.17, 15) is 14.4 Å². The number of rotatable bonds is 7. The molecule has 2 atom stereocenters. The molecule has 3 rings (SSSR count). The quantitative estimate of drug-likeness (QED) is 0.528. The molecule has 0 aromatic heterocycles. The molecule has 2 aromatic rings. The molecule has 0 bridgehead atoms. The maximum Gasteiger partial charge on any atom is 0.312 e. The molecule has 1 aliphatic heterocycles. The Morgan fingerprint density at radius 2 is 1.79 bits per heavy atom. The number of nitrogens with zero attached hydrogens (tertiary/aromatic N) is 1. The minimum absolute atomic E-state index is 0.00540. The van der Waals surface area contributed by atoms with E-state index in [0.29, 0.717) is 22.7 Å². The highest BCUT2D eigenvalue weighted by Gasteiger charge is 2.38. The lowest BCUT2D eigenvalue weighted by molar-refractivity contribution is -0.151. The van der Waals surface area contributed by atoms with Crippen molar-refractivity contribution in [2.24, 2.45) is 5.92 Å². The molecule has 0 N–H and O–H groups in total. The molecule has 0 spiro atoms. The van der Waals surface area contributed by atoms with Crippen LogP contribution in [0.1, 0.15) is 23.7 Å². The van der Waals surface area contributed by atoms with Crippen molar-refractivity contribution in [2.75, 3.05) is 25.7 Å². The van der Waals surface area contributed by atoms with E-state index in [1.807, 2.05) is 0 Å². The number of Topliss-reactive ketones (excluding diaryl/α,β-unsaturated/α-hetero) is 1. The van der Waals surface area contributed by atoms with Crippen LogP contribution in [0.2, 0.25) is 0 Å². The summed E-state index contributed by atoms with van der Waals surface area (Å²) in [5, 5.41) is 0. The van der Waals surface area contributed by atoms with Crippen molar-refractivity contribution >= 4 is 23.3 Å². The van der Waals surface area contributed by atoms with Crippen LogP contribution in [0, 0.1) is 5.92 Å². The summed E-state index contributed by atoms with van der Waals surface area (Å²) in [6.07, 6.45) is -0.925. The molecule has 152 valence electrons. The highest BCUT2D eigenvalue weighted by molar-refractivity contribution is 6.02. The molecule has 7 heteroatoms. The predicted octanol–water partition coefficient (Wildman–Crippen LogP) is 2.87. The van der Waals surface area contributed by atoms with Crippen LogP contribution in [0.4, 0.5) is 5.69 Å². The van der Waals surface area contributed by atoms with Gasteiger partial charge < -0.3 is 19.1 Å². The van der Waals surface area contributed by atoms with Crippen molar-refractivity contribution in [2.45, 2.75) is 19.4 Å². The zero-order valence-electron chi connectivity index (χ0n) is 16.6. The third-order valence-corrected chi connectivity index (χ3v) is 4.86. The number of anilines is 1. The number of carbonyl (C=O) groups is 3. The van der Waals surface area contributed by atoms with Crippen LogP contribution in [-0.4, -0.2) is 44.5 Å². The summed E-state index contributed by atoms with van der Waals surface area (Å²) >= 11 is 0. The van der Waals surface area contributed by atoms with Gasteiger partial charge in [0.1, 0.15) is 11.5 Å². The summed E-state index contributed by atoms with van der Waals surface area (Å²) in [5.41, 5.74) is 0.999. The maximum absolute atomic E-state index is 12.6. The first kappa shape index (κ1) is 20.4. The summed E-state index contributed by atoms with van der Waals surface area (Å²) in [6.45, 7) is 1.68. The number of esters is 1. The molecular weight excluding hydrogens is 374 g/mol. The Morgan fingerprint density at radius 1 is 1.07 bits per heavy atom. The fourth-order valence-electron chi connectivity index (χ4n) is 3.27. The largest absolute Gasteiger partial charge is 0.497 e. The van der Waals surface area contributed by atoms with Crippen molar-refractivity contribution < 1.29 is 28.6 Å². The smallest absolute Gasteiger partial charge is 0.312 e. The number of hydrogen-bond acceptors (Lipinski definition) is 6. The molecule has 1 aliphatic rings. The molecule has 7 nitrogen and oxygen atoms in total. The number of amides is 1. The Hall–Kier alpha value is -3.35. The van der Waals surface area contributed by atoms with Gasteiger partial charge in [0.25, 0.3) is 0 Å². The SMILES string of the molecule is COc1ccc(OC)c(N2C[C@H](C(=O)O[C@H](C)C(=O)c3ccccc3)CC2=O)c1. The van der Waals surface area contributed by atoms with Crippen molar-refractivity contribution in [3.05, 3.63) is 54.1 Å². The molecule has 29 heavy (non-hydrogen) atoms. The first-order valence-corrected chi connectivity index (χ1v) is 9.26. The summed E-state index contributed by atoms with van der Waals surface area (Å²) in [5.74, 6) is -0.665. The minimum atomic E-state index is -0.930. The molecule has 0 unspecified atom stereocenters.